The molecule has 6 heteroatoms. The molecule has 0 bridgehead atoms. The van der Waals surface area contributed by atoms with Crippen molar-refractivity contribution in [1.29, 1.82) is 0 Å². The zero-order valence-electron chi connectivity index (χ0n) is 14.2. The quantitative estimate of drug-likeness (QED) is 0.852. The van der Waals surface area contributed by atoms with Crippen molar-refractivity contribution < 1.29 is 9.59 Å². The summed E-state index contributed by atoms with van der Waals surface area (Å²) in [6.45, 7) is 5.49. The van der Waals surface area contributed by atoms with Crippen molar-refractivity contribution in [3.8, 4) is 0 Å². The third kappa shape index (κ3) is 3.24. The number of benzene rings is 2. The molecule has 0 atom stereocenters. The molecule has 0 saturated carbocycles. The van der Waals surface area contributed by atoms with Gasteiger partial charge in [0, 0.05) is 21.4 Å². The zero-order chi connectivity index (χ0) is 18.4. The van der Waals surface area contributed by atoms with Gasteiger partial charge in [0.1, 0.15) is 6.54 Å². The minimum absolute atomic E-state index is 0.0671. The number of rotatable bonds is 3. The van der Waals surface area contributed by atoms with E-state index in [0.717, 1.165) is 16.8 Å². The highest BCUT2D eigenvalue weighted by atomic mass is 35.5. The lowest BCUT2D eigenvalue weighted by Crippen LogP contribution is -2.40. The van der Waals surface area contributed by atoms with E-state index in [9.17, 15) is 9.59 Å². The molecule has 1 aliphatic heterocycles. The number of hydrogen-bond acceptors (Lipinski definition) is 2. The number of carbonyl (C=O) groups is 2. The Morgan fingerprint density at radius 3 is 2.56 bits per heavy atom. The maximum absolute atomic E-state index is 12.8. The molecule has 0 spiro atoms. The first kappa shape index (κ1) is 17.8. The lowest BCUT2D eigenvalue weighted by Gasteiger charge is -2.20. The standard InChI is InChI=1S/C19H18Cl2N2O2/c1-11-4-6-13(9-15(11)21)22-17(24)10-23-16-7-5-12(20)8-14(16)19(2,3)18(23)25/h4-9H,10H2,1-3H3,(H,22,24). The molecule has 0 unspecified atom stereocenters. The van der Waals surface area contributed by atoms with E-state index in [1.54, 1.807) is 30.3 Å². The lowest BCUT2D eigenvalue weighted by molar-refractivity contribution is -0.124. The molecule has 0 aliphatic carbocycles. The maximum Gasteiger partial charge on any atom is 0.244 e. The van der Waals surface area contributed by atoms with Crippen molar-refractivity contribution in [3.05, 3.63) is 57.6 Å². The third-order valence-corrected chi connectivity index (χ3v) is 5.10. The van der Waals surface area contributed by atoms with Gasteiger partial charge in [0.25, 0.3) is 0 Å². The Morgan fingerprint density at radius 2 is 1.88 bits per heavy atom. The molecule has 1 N–H and O–H groups in total. The summed E-state index contributed by atoms with van der Waals surface area (Å²) < 4.78 is 0. The first-order valence-electron chi connectivity index (χ1n) is 7.88. The molecule has 0 saturated heterocycles. The first-order chi connectivity index (χ1) is 11.7. The second kappa shape index (κ2) is 6.36. The second-order valence-corrected chi connectivity index (χ2v) is 7.53. The van der Waals surface area contributed by atoms with Crippen molar-refractivity contribution in [2.75, 3.05) is 16.8 Å². The highest BCUT2D eigenvalue weighted by Gasteiger charge is 2.44. The number of nitrogens with one attached hydrogen (secondary N) is 1. The van der Waals surface area contributed by atoms with E-state index in [-0.39, 0.29) is 18.4 Å². The number of halogens is 2. The molecule has 1 heterocycles. The molecule has 4 nitrogen and oxygen atoms in total. The summed E-state index contributed by atoms with van der Waals surface area (Å²) in [5, 5.41) is 3.93. The van der Waals surface area contributed by atoms with E-state index in [0.29, 0.717) is 15.7 Å². The maximum atomic E-state index is 12.8. The summed E-state index contributed by atoms with van der Waals surface area (Å²) in [6, 6.07) is 10.6. The van der Waals surface area contributed by atoms with Crippen LogP contribution >= 0.6 is 23.2 Å². The Labute approximate surface area is 156 Å². The van der Waals surface area contributed by atoms with E-state index >= 15 is 0 Å². The van der Waals surface area contributed by atoms with Crippen LogP contribution in [0, 0.1) is 6.92 Å². The number of aryl methyl sites for hydroxylation is 1. The highest BCUT2D eigenvalue weighted by Crippen LogP contribution is 2.42. The Morgan fingerprint density at radius 1 is 1.16 bits per heavy atom. The number of hydrogen-bond donors (Lipinski definition) is 1. The SMILES string of the molecule is Cc1ccc(NC(=O)CN2C(=O)C(C)(C)c3cc(Cl)ccc32)cc1Cl. The van der Waals surface area contributed by atoms with Crippen LogP contribution in [-0.4, -0.2) is 18.4 Å². The van der Waals surface area contributed by atoms with E-state index in [1.165, 1.54) is 4.90 Å². The molecule has 2 aromatic carbocycles. The van der Waals surface area contributed by atoms with Crippen LogP contribution in [0.2, 0.25) is 10.0 Å². The van der Waals surface area contributed by atoms with Gasteiger partial charge in [0.15, 0.2) is 0 Å². The van der Waals surface area contributed by atoms with Crippen LogP contribution in [0.3, 0.4) is 0 Å². The molecule has 0 aromatic heterocycles. The molecule has 1 aliphatic rings. The fourth-order valence-electron chi connectivity index (χ4n) is 2.98. The fraction of sp³-hybridized carbons (Fsp3) is 0.263. The predicted molar refractivity (Wildman–Crippen MR) is 102 cm³/mol. The van der Waals surface area contributed by atoms with Crippen LogP contribution < -0.4 is 10.2 Å². The third-order valence-electron chi connectivity index (χ3n) is 4.46. The van der Waals surface area contributed by atoms with Gasteiger partial charge in [0.05, 0.1) is 5.41 Å². The van der Waals surface area contributed by atoms with E-state index in [1.807, 2.05) is 26.8 Å². The topological polar surface area (TPSA) is 49.4 Å². The van der Waals surface area contributed by atoms with E-state index < -0.39 is 5.41 Å². The van der Waals surface area contributed by atoms with Crippen LogP contribution in [0.1, 0.15) is 25.0 Å². The molecule has 0 fully saturated rings. The van der Waals surface area contributed by atoms with Crippen molar-refractivity contribution in [2.24, 2.45) is 0 Å². The molecule has 130 valence electrons. The van der Waals surface area contributed by atoms with E-state index in [2.05, 4.69) is 5.32 Å². The molecular weight excluding hydrogens is 359 g/mol. The first-order valence-corrected chi connectivity index (χ1v) is 8.64. The monoisotopic (exact) mass is 376 g/mol. The van der Waals surface area contributed by atoms with Crippen LogP contribution in [0.25, 0.3) is 0 Å². The van der Waals surface area contributed by atoms with Gasteiger partial charge in [0.2, 0.25) is 11.8 Å². The van der Waals surface area contributed by atoms with Gasteiger partial charge in [-0.25, -0.2) is 0 Å². The van der Waals surface area contributed by atoms with Crippen molar-refractivity contribution in [1.82, 2.24) is 0 Å². The molecule has 25 heavy (non-hydrogen) atoms. The number of fused-ring (bicyclic) bond motifs is 1. The second-order valence-electron chi connectivity index (χ2n) is 6.69. The van der Waals surface area contributed by atoms with Crippen LogP contribution in [0.15, 0.2) is 36.4 Å². The predicted octanol–water partition coefficient (Wildman–Crippen LogP) is 4.56. The van der Waals surface area contributed by atoms with Crippen molar-refractivity contribution >= 4 is 46.4 Å². The number of carbonyl (C=O) groups excluding carboxylic acids is 2. The highest BCUT2D eigenvalue weighted by molar-refractivity contribution is 6.31. The number of anilines is 2. The van der Waals surface area contributed by atoms with Gasteiger partial charge in [-0.2, -0.15) is 0 Å². The Hall–Kier alpha value is -2.04. The summed E-state index contributed by atoms with van der Waals surface area (Å²) in [4.78, 5) is 26.7. The molecule has 2 aromatic rings. The Bertz CT molecular complexity index is 878. The summed E-state index contributed by atoms with van der Waals surface area (Å²) in [6.07, 6.45) is 0. The molecular formula is C19H18Cl2N2O2. The van der Waals surface area contributed by atoms with Gasteiger partial charge in [-0.1, -0.05) is 29.3 Å². The smallest absolute Gasteiger partial charge is 0.244 e. The van der Waals surface area contributed by atoms with E-state index in [4.69, 9.17) is 23.2 Å². The minimum atomic E-state index is -0.715. The number of amides is 2. The summed E-state index contributed by atoms with van der Waals surface area (Å²) in [5.41, 5.74) is 2.37. The van der Waals surface area contributed by atoms with Crippen molar-refractivity contribution in [2.45, 2.75) is 26.2 Å². The molecule has 0 radical (unpaired) electrons. The van der Waals surface area contributed by atoms with Crippen LogP contribution in [-0.2, 0) is 15.0 Å². The number of nitrogens with zero attached hydrogens (tertiary/aromatic N) is 1. The van der Waals surface area contributed by atoms with Gasteiger partial charge in [-0.05, 0) is 62.2 Å². The van der Waals surface area contributed by atoms with Crippen LogP contribution in [0.4, 0.5) is 11.4 Å². The van der Waals surface area contributed by atoms with Gasteiger partial charge in [-0.3, -0.25) is 9.59 Å². The average Bonchev–Trinajstić information content (AvgIpc) is 2.72. The summed E-state index contributed by atoms with van der Waals surface area (Å²) in [5.74, 6) is -0.409. The van der Waals surface area contributed by atoms with Crippen molar-refractivity contribution in [3.63, 3.8) is 0 Å². The average molecular weight is 377 g/mol. The fourth-order valence-corrected chi connectivity index (χ4v) is 3.33. The summed E-state index contributed by atoms with van der Waals surface area (Å²) >= 11 is 12.1. The van der Waals surface area contributed by atoms with Gasteiger partial charge >= 0.3 is 0 Å². The Kier molecular flexibility index (Phi) is 4.52. The largest absolute Gasteiger partial charge is 0.324 e. The zero-order valence-corrected chi connectivity index (χ0v) is 15.7. The van der Waals surface area contributed by atoms with Gasteiger partial charge in [-0.15, -0.1) is 0 Å². The Balaban J connectivity index is 1.82. The minimum Gasteiger partial charge on any atom is -0.324 e. The normalized spacial score (nSPS) is 15.2. The van der Waals surface area contributed by atoms with Crippen LogP contribution in [0.5, 0.6) is 0 Å². The summed E-state index contributed by atoms with van der Waals surface area (Å²) in [7, 11) is 0. The van der Waals surface area contributed by atoms with Gasteiger partial charge < -0.3 is 10.2 Å². The molecule has 3 rings (SSSR count). The lowest BCUT2D eigenvalue weighted by atomic mass is 9.86. The molecule has 2 amide bonds.